The van der Waals surface area contributed by atoms with Crippen molar-refractivity contribution in [2.24, 2.45) is 5.92 Å². The number of benzene rings is 1. The highest BCUT2D eigenvalue weighted by Crippen LogP contribution is 2.46. The Balaban J connectivity index is 1.74. The second kappa shape index (κ2) is 6.06. The standard InChI is InChI=1S/C19H20ClNO4/c1-21-16(10-3-6-12(24-2)7-4-10)15-17(22)13-9-11(20)5-8-14(13)25-18(15)19(21)23/h3-4,6-7,11,13-14,16H,5,8-9H2,1-2H3. The van der Waals surface area contributed by atoms with Crippen molar-refractivity contribution in [2.75, 3.05) is 14.2 Å². The number of hydrogen-bond acceptors (Lipinski definition) is 4. The van der Waals surface area contributed by atoms with Crippen LogP contribution in [-0.2, 0) is 14.3 Å². The monoisotopic (exact) mass is 361 g/mol. The van der Waals surface area contributed by atoms with Crippen LogP contribution in [-0.4, -0.2) is 42.2 Å². The zero-order chi connectivity index (χ0) is 17.7. The molecule has 4 atom stereocenters. The maximum atomic E-state index is 13.2. The number of fused-ring (bicyclic) bond motifs is 1. The van der Waals surface area contributed by atoms with Gasteiger partial charge in [-0.2, -0.15) is 0 Å². The number of amides is 1. The number of halogens is 1. The van der Waals surface area contributed by atoms with Crippen molar-refractivity contribution < 1.29 is 19.1 Å². The molecule has 6 heteroatoms. The van der Waals surface area contributed by atoms with E-state index in [-0.39, 0.29) is 34.8 Å². The predicted molar refractivity (Wildman–Crippen MR) is 92.4 cm³/mol. The van der Waals surface area contributed by atoms with E-state index in [2.05, 4.69) is 0 Å². The molecule has 1 aromatic rings. The molecule has 132 valence electrons. The minimum absolute atomic E-state index is 0.00905. The Bertz CT molecular complexity index is 757. The van der Waals surface area contributed by atoms with Gasteiger partial charge in [-0.05, 0) is 37.0 Å². The van der Waals surface area contributed by atoms with Crippen LogP contribution >= 0.6 is 11.6 Å². The van der Waals surface area contributed by atoms with Crippen LogP contribution in [0.25, 0.3) is 0 Å². The first-order valence-corrected chi connectivity index (χ1v) is 8.95. The maximum absolute atomic E-state index is 13.2. The molecule has 0 bridgehead atoms. The lowest BCUT2D eigenvalue weighted by molar-refractivity contribution is -0.134. The van der Waals surface area contributed by atoms with Gasteiger partial charge in [0.05, 0.1) is 24.6 Å². The van der Waals surface area contributed by atoms with Gasteiger partial charge in [0.25, 0.3) is 5.91 Å². The topological polar surface area (TPSA) is 55.8 Å². The van der Waals surface area contributed by atoms with Crippen LogP contribution < -0.4 is 4.74 Å². The highest BCUT2D eigenvalue weighted by Gasteiger charge is 2.51. The summed E-state index contributed by atoms with van der Waals surface area (Å²) in [5.41, 5.74) is 1.35. The fourth-order valence-electron chi connectivity index (χ4n) is 4.11. The van der Waals surface area contributed by atoms with E-state index >= 15 is 0 Å². The van der Waals surface area contributed by atoms with Gasteiger partial charge in [-0.15, -0.1) is 11.6 Å². The van der Waals surface area contributed by atoms with E-state index in [1.54, 1.807) is 19.1 Å². The van der Waals surface area contributed by atoms with Crippen molar-refractivity contribution in [3.05, 3.63) is 41.2 Å². The largest absolute Gasteiger partial charge is 0.497 e. The summed E-state index contributed by atoms with van der Waals surface area (Å²) in [7, 11) is 3.31. The Kier molecular flexibility index (Phi) is 3.99. The molecular formula is C19H20ClNO4. The van der Waals surface area contributed by atoms with Crippen LogP contribution in [0.3, 0.4) is 0 Å². The second-order valence-corrected chi connectivity index (χ2v) is 7.49. The van der Waals surface area contributed by atoms with Gasteiger partial charge >= 0.3 is 0 Å². The van der Waals surface area contributed by atoms with E-state index < -0.39 is 6.04 Å². The van der Waals surface area contributed by atoms with Crippen molar-refractivity contribution in [1.29, 1.82) is 0 Å². The van der Waals surface area contributed by atoms with E-state index in [4.69, 9.17) is 21.1 Å². The Hall–Kier alpha value is -2.01. The van der Waals surface area contributed by atoms with Gasteiger partial charge in [-0.3, -0.25) is 9.59 Å². The normalized spacial score (nSPS) is 31.6. The van der Waals surface area contributed by atoms with Crippen molar-refractivity contribution in [3.63, 3.8) is 0 Å². The van der Waals surface area contributed by atoms with Crippen LogP contribution in [0, 0.1) is 5.92 Å². The first kappa shape index (κ1) is 16.5. The quantitative estimate of drug-likeness (QED) is 0.760. The van der Waals surface area contributed by atoms with Gasteiger partial charge in [0.2, 0.25) is 0 Å². The van der Waals surface area contributed by atoms with Gasteiger partial charge in [-0.25, -0.2) is 0 Å². The number of ether oxygens (including phenoxy) is 2. The molecule has 3 aliphatic rings. The Morgan fingerprint density at radius 3 is 2.60 bits per heavy atom. The summed E-state index contributed by atoms with van der Waals surface area (Å²) in [4.78, 5) is 27.4. The number of methoxy groups -OCH3 is 1. The third-order valence-electron chi connectivity index (χ3n) is 5.45. The van der Waals surface area contributed by atoms with Crippen LogP contribution in [0.4, 0.5) is 0 Å². The molecule has 0 radical (unpaired) electrons. The second-order valence-electron chi connectivity index (χ2n) is 6.87. The van der Waals surface area contributed by atoms with Crippen LogP contribution in [0.1, 0.15) is 30.9 Å². The molecule has 1 aromatic carbocycles. The molecule has 0 aromatic heterocycles. The van der Waals surface area contributed by atoms with Crippen molar-refractivity contribution in [2.45, 2.75) is 36.8 Å². The molecule has 2 heterocycles. The lowest BCUT2D eigenvalue weighted by atomic mass is 9.77. The highest BCUT2D eigenvalue weighted by atomic mass is 35.5. The lowest BCUT2D eigenvalue weighted by Gasteiger charge is -2.37. The summed E-state index contributed by atoms with van der Waals surface area (Å²) in [6.45, 7) is 0. The summed E-state index contributed by atoms with van der Waals surface area (Å²) < 4.78 is 11.2. The molecule has 2 aliphatic heterocycles. The van der Waals surface area contributed by atoms with Crippen molar-refractivity contribution in [1.82, 2.24) is 4.90 Å². The smallest absolute Gasteiger partial charge is 0.289 e. The van der Waals surface area contributed by atoms with Gasteiger partial charge in [0, 0.05) is 12.4 Å². The summed E-state index contributed by atoms with van der Waals surface area (Å²) in [5.74, 6) is 0.483. The molecule has 1 saturated carbocycles. The molecule has 4 rings (SSSR count). The Morgan fingerprint density at radius 2 is 1.92 bits per heavy atom. The predicted octanol–water partition coefficient (Wildman–Crippen LogP) is 2.84. The van der Waals surface area contributed by atoms with E-state index in [1.165, 1.54) is 0 Å². The van der Waals surface area contributed by atoms with Gasteiger partial charge in [0.15, 0.2) is 11.5 Å². The summed E-state index contributed by atoms with van der Waals surface area (Å²) in [6, 6.07) is 7.01. The number of likely N-dealkylation sites (N-methyl/N-ethyl adjacent to an activating group) is 1. The molecule has 0 spiro atoms. The van der Waals surface area contributed by atoms with Gasteiger partial charge < -0.3 is 14.4 Å². The molecule has 1 fully saturated rings. The lowest BCUT2D eigenvalue weighted by Crippen LogP contribution is -2.41. The SMILES string of the molecule is COc1ccc(C2C3=C(OC4CCC(Cl)CC4C3=O)C(=O)N2C)cc1. The molecule has 4 unspecified atom stereocenters. The number of carbonyl (C=O) groups excluding carboxylic acids is 2. The zero-order valence-corrected chi connectivity index (χ0v) is 15.0. The average Bonchev–Trinajstić information content (AvgIpc) is 2.88. The number of alkyl halides is 1. The van der Waals surface area contributed by atoms with Gasteiger partial charge in [0.1, 0.15) is 11.9 Å². The van der Waals surface area contributed by atoms with E-state index in [0.29, 0.717) is 18.4 Å². The number of ketones is 1. The molecule has 1 aliphatic carbocycles. The zero-order valence-electron chi connectivity index (χ0n) is 14.2. The summed E-state index contributed by atoms with van der Waals surface area (Å²) in [6.07, 6.45) is 1.90. The molecule has 5 nitrogen and oxygen atoms in total. The van der Waals surface area contributed by atoms with Crippen molar-refractivity contribution in [3.8, 4) is 5.75 Å². The molecule has 0 saturated heterocycles. The number of Topliss-reactive ketones (excluding diaryl/α,β-unsaturated/α-hetero) is 1. The maximum Gasteiger partial charge on any atom is 0.289 e. The van der Waals surface area contributed by atoms with Crippen molar-refractivity contribution >= 4 is 23.3 Å². The highest BCUT2D eigenvalue weighted by molar-refractivity contribution is 6.21. The Labute approximate surface area is 151 Å². The van der Waals surface area contributed by atoms with E-state index in [1.807, 2.05) is 24.3 Å². The summed E-state index contributed by atoms with van der Waals surface area (Å²) in [5, 5.41) is -0.00905. The van der Waals surface area contributed by atoms with Crippen LogP contribution in [0.15, 0.2) is 35.6 Å². The Morgan fingerprint density at radius 1 is 1.20 bits per heavy atom. The van der Waals surface area contributed by atoms with Crippen LogP contribution in [0.5, 0.6) is 5.75 Å². The van der Waals surface area contributed by atoms with E-state index in [9.17, 15) is 9.59 Å². The first-order valence-electron chi connectivity index (χ1n) is 8.51. The third kappa shape index (κ3) is 2.53. The fourth-order valence-corrected chi connectivity index (χ4v) is 4.42. The minimum atomic E-state index is -0.419. The summed E-state index contributed by atoms with van der Waals surface area (Å²) >= 11 is 6.27. The fraction of sp³-hybridized carbons (Fsp3) is 0.474. The number of carbonyl (C=O) groups is 2. The third-order valence-corrected chi connectivity index (χ3v) is 5.84. The van der Waals surface area contributed by atoms with E-state index in [0.717, 1.165) is 17.7 Å². The molecular weight excluding hydrogens is 342 g/mol. The minimum Gasteiger partial charge on any atom is -0.497 e. The molecule has 0 N–H and O–H groups in total. The van der Waals surface area contributed by atoms with Gasteiger partial charge in [-0.1, -0.05) is 12.1 Å². The molecule has 25 heavy (non-hydrogen) atoms. The average molecular weight is 362 g/mol. The number of rotatable bonds is 2. The number of hydrogen-bond donors (Lipinski definition) is 0. The molecule has 1 amide bonds. The first-order chi connectivity index (χ1) is 12.0. The number of nitrogens with zero attached hydrogens (tertiary/aromatic N) is 1. The van der Waals surface area contributed by atoms with Crippen LogP contribution in [0.2, 0.25) is 0 Å².